The number of carbonyl (C=O) groups is 1. The Kier molecular flexibility index (Phi) is 4.54. The third kappa shape index (κ3) is 3.38. The molecule has 1 N–H and O–H groups in total. The van der Waals surface area contributed by atoms with Gasteiger partial charge < -0.3 is 10.2 Å². The number of anilines is 1. The van der Waals surface area contributed by atoms with E-state index in [0.29, 0.717) is 17.8 Å². The molecule has 21 heavy (non-hydrogen) atoms. The normalized spacial score (nSPS) is 10.2. The Morgan fingerprint density at radius 2 is 2.19 bits per heavy atom. The molecular weight excluding hydrogens is 290 g/mol. The monoisotopic (exact) mass is 305 g/mol. The molecule has 2 rings (SSSR count). The lowest BCUT2D eigenvalue weighted by Crippen LogP contribution is -2.26. The number of rotatable bonds is 5. The van der Waals surface area contributed by atoms with Gasteiger partial charge in [0, 0.05) is 36.8 Å². The van der Waals surface area contributed by atoms with Crippen LogP contribution < -0.4 is 5.32 Å². The van der Waals surface area contributed by atoms with Crippen LogP contribution in [0, 0.1) is 10.1 Å². The molecule has 0 saturated heterocycles. The van der Waals surface area contributed by atoms with Crippen molar-refractivity contribution in [2.24, 2.45) is 0 Å². The van der Waals surface area contributed by atoms with Crippen molar-refractivity contribution in [1.82, 2.24) is 4.90 Å². The number of thiophene rings is 1. The highest BCUT2D eigenvalue weighted by atomic mass is 32.1. The van der Waals surface area contributed by atoms with E-state index in [9.17, 15) is 14.9 Å². The zero-order valence-corrected chi connectivity index (χ0v) is 12.5. The van der Waals surface area contributed by atoms with Crippen LogP contribution in [-0.4, -0.2) is 29.8 Å². The molecule has 110 valence electrons. The molecule has 0 radical (unpaired) electrons. The first-order valence-electron chi connectivity index (χ1n) is 6.27. The molecule has 0 aliphatic heterocycles. The summed E-state index contributed by atoms with van der Waals surface area (Å²) in [5.74, 6) is -0.253. The molecule has 0 fully saturated rings. The fourth-order valence-corrected chi connectivity index (χ4v) is 2.71. The smallest absolute Gasteiger partial charge is 0.270 e. The second kappa shape index (κ2) is 6.36. The molecule has 1 amide bonds. The summed E-state index contributed by atoms with van der Waals surface area (Å²) in [7, 11) is 3.36. The maximum Gasteiger partial charge on any atom is 0.270 e. The quantitative estimate of drug-likeness (QED) is 0.680. The van der Waals surface area contributed by atoms with E-state index in [1.807, 2.05) is 17.5 Å². The average molecular weight is 305 g/mol. The summed E-state index contributed by atoms with van der Waals surface area (Å²) in [6.45, 7) is 0.475. The molecule has 1 aromatic heterocycles. The Morgan fingerprint density at radius 3 is 2.76 bits per heavy atom. The van der Waals surface area contributed by atoms with E-state index in [1.165, 1.54) is 12.1 Å². The first-order chi connectivity index (χ1) is 10.0. The van der Waals surface area contributed by atoms with Crippen LogP contribution in [0.25, 0.3) is 0 Å². The number of nitrogens with one attached hydrogen (secondary N) is 1. The highest BCUT2D eigenvalue weighted by Gasteiger charge is 2.19. The third-order valence-corrected chi connectivity index (χ3v) is 3.89. The molecule has 0 aliphatic rings. The molecule has 0 bridgehead atoms. The van der Waals surface area contributed by atoms with E-state index >= 15 is 0 Å². The van der Waals surface area contributed by atoms with Gasteiger partial charge in [0.25, 0.3) is 11.6 Å². The van der Waals surface area contributed by atoms with Crippen molar-refractivity contribution < 1.29 is 9.72 Å². The summed E-state index contributed by atoms with van der Waals surface area (Å²) in [5, 5.41) is 15.7. The van der Waals surface area contributed by atoms with E-state index in [1.54, 1.807) is 36.4 Å². The molecule has 0 aliphatic carbocycles. The molecule has 0 spiro atoms. The highest BCUT2D eigenvalue weighted by molar-refractivity contribution is 7.09. The minimum absolute atomic E-state index is 0.0955. The first kappa shape index (κ1) is 15.0. The van der Waals surface area contributed by atoms with Crippen LogP contribution in [0.2, 0.25) is 0 Å². The summed E-state index contributed by atoms with van der Waals surface area (Å²) in [4.78, 5) is 25.5. The predicted octanol–water partition coefficient (Wildman–Crippen LogP) is 2.97. The number of hydrogen-bond donors (Lipinski definition) is 1. The van der Waals surface area contributed by atoms with Crippen molar-refractivity contribution in [3.8, 4) is 0 Å². The Bertz CT molecular complexity index is 655. The van der Waals surface area contributed by atoms with Gasteiger partial charge in [-0.05, 0) is 17.5 Å². The van der Waals surface area contributed by atoms with Crippen LogP contribution in [0.1, 0.15) is 15.2 Å². The van der Waals surface area contributed by atoms with Gasteiger partial charge in [0.15, 0.2) is 0 Å². The van der Waals surface area contributed by atoms with Crippen molar-refractivity contribution >= 4 is 28.6 Å². The van der Waals surface area contributed by atoms with Crippen molar-refractivity contribution in [3.63, 3.8) is 0 Å². The van der Waals surface area contributed by atoms with E-state index < -0.39 is 4.92 Å². The fourth-order valence-electron chi connectivity index (χ4n) is 1.95. The lowest BCUT2D eigenvalue weighted by atomic mass is 10.1. The molecule has 2 aromatic rings. The maximum absolute atomic E-state index is 12.5. The molecule has 1 heterocycles. The number of nitro benzene ring substituents is 1. The van der Waals surface area contributed by atoms with Gasteiger partial charge in [-0.3, -0.25) is 14.9 Å². The van der Waals surface area contributed by atoms with Crippen LogP contribution in [-0.2, 0) is 6.54 Å². The Labute approximate surface area is 126 Å². The summed E-state index contributed by atoms with van der Waals surface area (Å²) in [6, 6.07) is 8.09. The number of amides is 1. The highest BCUT2D eigenvalue weighted by Crippen LogP contribution is 2.24. The Hall–Kier alpha value is -2.41. The van der Waals surface area contributed by atoms with Crippen LogP contribution in [0.3, 0.4) is 0 Å². The first-order valence-corrected chi connectivity index (χ1v) is 7.15. The van der Waals surface area contributed by atoms with Gasteiger partial charge in [0.1, 0.15) is 0 Å². The zero-order chi connectivity index (χ0) is 15.4. The van der Waals surface area contributed by atoms with Crippen LogP contribution in [0.4, 0.5) is 11.4 Å². The summed E-state index contributed by atoms with van der Waals surface area (Å²) < 4.78 is 0. The summed E-state index contributed by atoms with van der Waals surface area (Å²) >= 11 is 1.56. The largest absolute Gasteiger partial charge is 0.387 e. The van der Waals surface area contributed by atoms with Crippen LogP contribution in [0.15, 0.2) is 35.7 Å². The van der Waals surface area contributed by atoms with Crippen LogP contribution in [0.5, 0.6) is 0 Å². The van der Waals surface area contributed by atoms with Gasteiger partial charge >= 0.3 is 0 Å². The van der Waals surface area contributed by atoms with E-state index in [-0.39, 0.29) is 11.6 Å². The molecule has 1 aromatic carbocycles. The minimum Gasteiger partial charge on any atom is -0.387 e. The number of carbonyl (C=O) groups excluding carboxylic acids is 1. The standard InChI is InChI=1S/C14H15N3O3S/c1-15-13-6-5-10(17(19)20)8-12(13)14(18)16(2)9-11-4-3-7-21-11/h3-8,15H,9H2,1-2H3. The van der Waals surface area contributed by atoms with E-state index in [2.05, 4.69) is 5.32 Å². The fraction of sp³-hybridized carbons (Fsp3) is 0.214. The number of nitro groups is 1. The molecule has 7 heteroatoms. The maximum atomic E-state index is 12.5. The Morgan fingerprint density at radius 1 is 1.43 bits per heavy atom. The molecule has 0 saturated carbocycles. The Balaban J connectivity index is 2.28. The van der Waals surface area contributed by atoms with Crippen molar-refractivity contribution in [3.05, 3.63) is 56.3 Å². The van der Waals surface area contributed by atoms with E-state index in [0.717, 1.165) is 4.88 Å². The second-order valence-corrected chi connectivity index (χ2v) is 5.51. The molecule has 6 nitrogen and oxygen atoms in total. The summed E-state index contributed by atoms with van der Waals surface area (Å²) in [5.41, 5.74) is 0.774. The average Bonchev–Trinajstić information content (AvgIpc) is 2.98. The number of hydrogen-bond acceptors (Lipinski definition) is 5. The zero-order valence-electron chi connectivity index (χ0n) is 11.7. The van der Waals surface area contributed by atoms with Gasteiger partial charge in [0.2, 0.25) is 0 Å². The topological polar surface area (TPSA) is 75.5 Å². The van der Waals surface area contributed by atoms with Gasteiger partial charge in [-0.1, -0.05) is 6.07 Å². The predicted molar refractivity (Wildman–Crippen MR) is 82.8 cm³/mol. The lowest BCUT2D eigenvalue weighted by Gasteiger charge is -2.18. The lowest BCUT2D eigenvalue weighted by molar-refractivity contribution is -0.384. The molecular formula is C14H15N3O3S. The number of benzene rings is 1. The molecule has 0 atom stereocenters. The minimum atomic E-state index is -0.504. The third-order valence-electron chi connectivity index (χ3n) is 3.03. The number of nitrogens with zero attached hydrogens (tertiary/aromatic N) is 2. The van der Waals surface area contributed by atoms with Crippen molar-refractivity contribution in [2.75, 3.05) is 19.4 Å². The van der Waals surface area contributed by atoms with Gasteiger partial charge in [-0.15, -0.1) is 11.3 Å². The SMILES string of the molecule is CNc1ccc([N+](=O)[O-])cc1C(=O)N(C)Cc1cccs1. The van der Waals surface area contributed by atoms with Gasteiger partial charge in [0.05, 0.1) is 17.0 Å². The second-order valence-electron chi connectivity index (χ2n) is 4.48. The summed E-state index contributed by atoms with van der Waals surface area (Å²) in [6.07, 6.45) is 0. The van der Waals surface area contributed by atoms with E-state index in [4.69, 9.17) is 0 Å². The van der Waals surface area contributed by atoms with Gasteiger partial charge in [-0.2, -0.15) is 0 Å². The number of non-ortho nitro benzene ring substituents is 1. The molecule has 0 unspecified atom stereocenters. The van der Waals surface area contributed by atoms with Crippen molar-refractivity contribution in [2.45, 2.75) is 6.54 Å². The van der Waals surface area contributed by atoms with Crippen molar-refractivity contribution in [1.29, 1.82) is 0 Å². The van der Waals surface area contributed by atoms with Crippen LogP contribution >= 0.6 is 11.3 Å². The van der Waals surface area contributed by atoms with Gasteiger partial charge in [-0.25, -0.2) is 0 Å².